The summed E-state index contributed by atoms with van der Waals surface area (Å²) in [7, 11) is 1.96. The lowest BCUT2D eigenvalue weighted by molar-refractivity contribution is 0.0993. The van der Waals surface area contributed by atoms with Crippen molar-refractivity contribution in [1.29, 1.82) is 0 Å². The van der Waals surface area contributed by atoms with E-state index in [1.807, 2.05) is 36.0 Å². The van der Waals surface area contributed by atoms with E-state index in [4.69, 9.17) is 23.2 Å². The molecule has 0 unspecified atom stereocenters. The number of Topliss-reactive ketones (excluding diaryl/α,β-unsaturated/α-hetero) is 1. The number of aromatic nitrogens is 1. The van der Waals surface area contributed by atoms with Gasteiger partial charge in [0.1, 0.15) is 0 Å². The van der Waals surface area contributed by atoms with Crippen molar-refractivity contribution in [3.63, 3.8) is 0 Å². The zero-order valence-corrected chi connectivity index (χ0v) is 12.9. The first-order valence-corrected chi connectivity index (χ1v) is 7.32. The highest BCUT2D eigenvalue weighted by atomic mass is 35.5. The highest BCUT2D eigenvalue weighted by Crippen LogP contribution is 2.25. The van der Waals surface area contributed by atoms with Crippen LogP contribution in [0.3, 0.4) is 0 Å². The molecule has 4 heteroatoms. The van der Waals surface area contributed by atoms with E-state index in [0.29, 0.717) is 22.0 Å². The summed E-state index contributed by atoms with van der Waals surface area (Å²) in [6, 6.07) is 12.7. The maximum Gasteiger partial charge on any atom is 0.167 e. The Kier molecular flexibility index (Phi) is 3.75. The van der Waals surface area contributed by atoms with Crippen LogP contribution in [0.25, 0.3) is 10.9 Å². The summed E-state index contributed by atoms with van der Waals surface area (Å²) in [5, 5.41) is 2.32. The summed E-state index contributed by atoms with van der Waals surface area (Å²) in [5.41, 5.74) is 2.71. The largest absolute Gasteiger partial charge is 0.350 e. The van der Waals surface area contributed by atoms with E-state index in [9.17, 15) is 4.79 Å². The number of carbonyl (C=O) groups excluding carboxylic acids is 1. The molecule has 0 amide bonds. The van der Waals surface area contributed by atoms with Gasteiger partial charge in [0, 0.05) is 46.2 Å². The average Bonchev–Trinajstić information content (AvgIpc) is 2.75. The molecule has 2 nitrogen and oxygen atoms in total. The fraction of sp³-hybridized carbons (Fsp3) is 0.118. The molecule has 0 fully saturated rings. The number of ketones is 1. The number of hydrogen-bond acceptors (Lipinski definition) is 1. The number of rotatable bonds is 3. The average molecular weight is 318 g/mol. The molecule has 0 aliphatic carbocycles. The third-order valence-electron chi connectivity index (χ3n) is 3.55. The molecule has 0 radical (unpaired) electrons. The Bertz CT molecular complexity index is 819. The second kappa shape index (κ2) is 5.55. The molecule has 2 aromatic carbocycles. The number of nitrogens with zero attached hydrogens (tertiary/aromatic N) is 1. The summed E-state index contributed by atoms with van der Waals surface area (Å²) in [5.74, 6) is 0.0687. The Labute approximate surface area is 132 Å². The van der Waals surface area contributed by atoms with Gasteiger partial charge in [-0.25, -0.2) is 0 Å². The number of fused-ring (bicyclic) bond motifs is 1. The van der Waals surface area contributed by atoms with Crippen molar-refractivity contribution >= 4 is 39.9 Å². The molecule has 1 aromatic heterocycles. The highest BCUT2D eigenvalue weighted by Gasteiger charge is 2.12. The van der Waals surface area contributed by atoms with Crippen molar-refractivity contribution in [1.82, 2.24) is 4.57 Å². The van der Waals surface area contributed by atoms with E-state index in [0.717, 1.165) is 16.5 Å². The quantitative estimate of drug-likeness (QED) is 0.629. The van der Waals surface area contributed by atoms with Crippen LogP contribution in [0, 0.1) is 0 Å². The molecule has 0 aliphatic heterocycles. The second-order valence-corrected chi connectivity index (χ2v) is 5.91. The van der Waals surface area contributed by atoms with Crippen LogP contribution in [0.5, 0.6) is 0 Å². The molecule has 0 spiro atoms. The van der Waals surface area contributed by atoms with Crippen molar-refractivity contribution in [2.24, 2.45) is 7.05 Å². The molecule has 0 bridgehead atoms. The van der Waals surface area contributed by atoms with Crippen LogP contribution in [0.1, 0.15) is 15.9 Å². The summed E-state index contributed by atoms with van der Waals surface area (Å²) >= 11 is 11.9. The Morgan fingerprint density at radius 3 is 2.43 bits per heavy atom. The van der Waals surface area contributed by atoms with Gasteiger partial charge in [-0.3, -0.25) is 4.79 Å². The molecule has 0 saturated heterocycles. The molecule has 0 saturated carbocycles. The number of halogens is 2. The lowest BCUT2D eigenvalue weighted by atomic mass is 10.0. The molecule has 106 valence electrons. The molecule has 3 rings (SSSR count). The maximum absolute atomic E-state index is 12.4. The van der Waals surface area contributed by atoms with Crippen LogP contribution in [-0.4, -0.2) is 10.4 Å². The molecule has 0 aliphatic rings. The minimum Gasteiger partial charge on any atom is -0.350 e. The van der Waals surface area contributed by atoms with Gasteiger partial charge in [-0.2, -0.15) is 0 Å². The van der Waals surface area contributed by atoms with Gasteiger partial charge in [0.25, 0.3) is 0 Å². The van der Waals surface area contributed by atoms with E-state index < -0.39 is 0 Å². The van der Waals surface area contributed by atoms with Crippen LogP contribution in [-0.2, 0) is 13.5 Å². The molecule has 0 N–H and O–H groups in total. The Morgan fingerprint density at radius 1 is 1.05 bits per heavy atom. The Hall–Kier alpha value is -1.77. The number of benzene rings is 2. The lowest BCUT2D eigenvalue weighted by Gasteiger charge is -2.01. The molecule has 3 aromatic rings. The van der Waals surface area contributed by atoms with Gasteiger partial charge in [-0.15, -0.1) is 0 Å². The summed E-state index contributed by atoms with van der Waals surface area (Å²) in [4.78, 5) is 12.4. The highest BCUT2D eigenvalue weighted by molar-refractivity contribution is 6.31. The van der Waals surface area contributed by atoms with Gasteiger partial charge < -0.3 is 4.57 Å². The van der Waals surface area contributed by atoms with Crippen molar-refractivity contribution in [2.45, 2.75) is 6.42 Å². The Morgan fingerprint density at radius 2 is 1.71 bits per heavy atom. The normalized spacial score (nSPS) is 11.0. The van der Waals surface area contributed by atoms with Crippen LogP contribution in [0.2, 0.25) is 10.0 Å². The Balaban J connectivity index is 1.96. The summed E-state index contributed by atoms with van der Waals surface area (Å²) in [6.45, 7) is 0. The van der Waals surface area contributed by atoms with Gasteiger partial charge in [-0.1, -0.05) is 23.2 Å². The van der Waals surface area contributed by atoms with Gasteiger partial charge in [-0.05, 0) is 48.0 Å². The van der Waals surface area contributed by atoms with Gasteiger partial charge in [0.05, 0.1) is 0 Å². The van der Waals surface area contributed by atoms with E-state index >= 15 is 0 Å². The van der Waals surface area contributed by atoms with Crippen LogP contribution < -0.4 is 0 Å². The fourth-order valence-corrected chi connectivity index (χ4v) is 2.80. The van der Waals surface area contributed by atoms with Gasteiger partial charge in [0.2, 0.25) is 0 Å². The zero-order chi connectivity index (χ0) is 15.0. The summed E-state index contributed by atoms with van der Waals surface area (Å²) < 4.78 is 2.01. The molecule has 0 atom stereocenters. The first-order chi connectivity index (χ1) is 10.0. The third kappa shape index (κ3) is 2.82. The smallest absolute Gasteiger partial charge is 0.167 e. The fourth-order valence-electron chi connectivity index (χ4n) is 2.50. The summed E-state index contributed by atoms with van der Waals surface area (Å²) in [6.07, 6.45) is 2.33. The minimum absolute atomic E-state index is 0.0687. The standard InChI is InChI=1S/C17H13Cl2NO/c1-20-10-12(15-9-14(19)6-7-16(15)20)8-17(21)11-2-4-13(18)5-3-11/h2-7,9-10H,8H2,1H3. The van der Waals surface area contributed by atoms with E-state index in [2.05, 4.69) is 0 Å². The minimum atomic E-state index is 0.0687. The van der Waals surface area contributed by atoms with E-state index in [1.165, 1.54) is 0 Å². The van der Waals surface area contributed by atoms with Gasteiger partial charge >= 0.3 is 0 Å². The number of aryl methyl sites for hydroxylation is 1. The molecular formula is C17H13Cl2NO. The topological polar surface area (TPSA) is 22.0 Å². The van der Waals surface area contributed by atoms with Crippen LogP contribution in [0.15, 0.2) is 48.7 Å². The van der Waals surface area contributed by atoms with Crippen molar-refractivity contribution in [2.75, 3.05) is 0 Å². The lowest BCUT2D eigenvalue weighted by Crippen LogP contribution is -2.02. The van der Waals surface area contributed by atoms with Gasteiger partial charge in [0.15, 0.2) is 5.78 Å². The van der Waals surface area contributed by atoms with E-state index in [-0.39, 0.29) is 5.78 Å². The molecule has 21 heavy (non-hydrogen) atoms. The number of hydrogen-bond donors (Lipinski definition) is 0. The molecular weight excluding hydrogens is 305 g/mol. The van der Waals surface area contributed by atoms with Crippen LogP contribution >= 0.6 is 23.2 Å². The monoisotopic (exact) mass is 317 g/mol. The second-order valence-electron chi connectivity index (χ2n) is 5.03. The van der Waals surface area contributed by atoms with Crippen molar-refractivity contribution in [3.8, 4) is 0 Å². The van der Waals surface area contributed by atoms with Crippen LogP contribution in [0.4, 0.5) is 0 Å². The molecule has 1 heterocycles. The SMILES string of the molecule is Cn1cc(CC(=O)c2ccc(Cl)cc2)c2cc(Cl)ccc21. The predicted molar refractivity (Wildman–Crippen MR) is 87.4 cm³/mol. The zero-order valence-electron chi connectivity index (χ0n) is 11.4. The first kappa shape index (κ1) is 14.2. The third-order valence-corrected chi connectivity index (χ3v) is 4.04. The van der Waals surface area contributed by atoms with Crippen molar-refractivity contribution in [3.05, 3.63) is 69.8 Å². The maximum atomic E-state index is 12.4. The van der Waals surface area contributed by atoms with Crippen molar-refractivity contribution < 1.29 is 4.79 Å². The first-order valence-electron chi connectivity index (χ1n) is 6.57. The number of carbonyl (C=O) groups is 1. The predicted octanol–water partition coefficient (Wildman–Crippen LogP) is 4.91. The van der Waals surface area contributed by atoms with E-state index in [1.54, 1.807) is 24.3 Å².